The Kier molecular flexibility index (Phi) is 49.7. The number of carbonyl (C=O) groups excluding carboxylic acids is 1. The molecule has 1 fully saturated rings. The average molecular weight is 1090 g/mol. The number of hydrogen-bond acceptors (Lipinski definition) is 11. The van der Waals surface area contributed by atoms with E-state index in [9.17, 15) is 33.1 Å². The van der Waals surface area contributed by atoms with Crippen molar-refractivity contribution in [3.63, 3.8) is 0 Å². The van der Waals surface area contributed by atoms with Crippen LogP contribution in [0.2, 0.25) is 0 Å². The van der Waals surface area contributed by atoms with Crippen molar-refractivity contribution in [1.82, 2.24) is 0 Å². The highest BCUT2D eigenvalue weighted by molar-refractivity contribution is 7.80. The largest absolute Gasteiger partial charge is 0.457 e. The summed E-state index contributed by atoms with van der Waals surface area (Å²) < 4.78 is 59.5. The van der Waals surface area contributed by atoms with Crippen LogP contribution >= 0.6 is 0 Å². The molecule has 0 bridgehead atoms. The zero-order valence-corrected chi connectivity index (χ0v) is 48.6. The van der Waals surface area contributed by atoms with Crippen LogP contribution in [0.25, 0.3) is 0 Å². The fourth-order valence-corrected chi connectivity index (χ4v) is 9.48. The van der Waals surface area contributed by atoms with Crippen molar-refractivity contribution in [3.05, 3.63) is 85.1 Å². The van der Waals surface area contributed by atoms with E-state index in [-0.39, 0.29) is 19.6 Å². The van der Waals surface area contributed by atoms with Gasteiger partial charge in [-0.2, -0.15) is 8.42 Å². The van der Waals surface area contributed by atoms with Gasteiger partial charge in [-0.1, -0.05) is 234 Å². The SMILES string of the molecule is CC/C=C\C/C=C\C/C=C\C/C=C\CCCCCCCCCCCCCOCC(COC1OC(CO)C(O)C(OS(=O)(=O)O)C1O)OC(=O)CCCCCCCCCCCC/C=C\C/C=C\C/C=C\CCCCCCC. The maximum atomic E-state index is 13.0. The standard InChI is InChI=1S/C63H110O12S/c1-3-5-7-9-11-13-15-17-19-21-23-25-27-29-30-32-34-36-38-40-42-44-46-48-50-52-59(65)73-57(56-72-63-61(67)62(75-76(68,69)70)60(66)58(54-64)74-63)55-71-53-51-49-47-45-43-41-39-37-35-33-31-28-26-24-22-20-18-16-14-12-10-8-6-4-2/h6,8,12,14-15,17-18,20-21,23-24,26-27,29,57-58,60-64,66-67H,3-5,7,9-11,13,16,19,22,25,28,30-56H2,1-2H3,(H,68,69,70)/b8-6-,14-12-,17-15-,20-18-,23-21-,26-24-,29-27-. The molecule has 0 spiro atoms. The lowest BCUT2D eigenvalue weighted by Gasteiger charge is -2.41. The molecule has 6 unspecified atom stereocenters. The summed E-state index contributed by atoms with van der Waals surface area (Å²) in [6, 6.07) is 0. The van der Waals surface area contributed by atoms with Gasteiger partial charge in [-0.25, -0.2) is 4.18 Å². The summed E-state index contributed by atoms with van der Waals surface area (Å²) in [7, 11) is -5.07. The monoisotopic (exact) mass is 1090 g/mol. The number of esters is 1. The lowest BCUT2D eigenvalue weighted by Crippen LogP contribution is -2.60. The smallest absolute Gasteiger partial charge is 0.397 e. The summed E-state index contributed by atoms with van der Waals surface area (Å²) in [4.78, 5) is 13.0. The predicted octanol–water partition coefficient (Wildman–Crippen LogP) is 15.5. The van der Waals surface area contributed by atoms with E-state index >= 15 is 0 Å². The number of rotatable bonds is 53. The number of aliphatic hydroxyl groups is 3. The Labute approximate surface area is 463 Å². The molecule has 0 saturated carbocycles. The van der Waals surface area contributed by atoms with Gasteiger partial charge in [-0.3, -0.25) is 9.35 Å². The van der Waals surface area contributed by atoms with E-state index in [0.29, 0.717) is 13.0 Å². The van der Waals surface area contributed by atoms with Gasteiger partial charge in [0.05, 0.1) is 19.8 Å². The fraction of sp³-hybridized carbons (Fsp3) is 0.762. The molecule has 0 aromatic carbocycles. The van der Waals surface area contributed by atoms with Crippen molar-refractivity contribution >= 4 is 16.4 Å². The minimum atomic E-state index is -5.07. The Balaban J connectivity index is 2.29. The molecule has 1 rings (SSSR count). The van der Waals surface area contributed by atoms with Gasteiger partial charge in [0.25, 0.3) is 0 Å². The Morgan fingerprint density at radius 1 is 0.513 bits per heavy atom. The molecule has 1 saturated heterocycles. The van der Waals surface area contributed by atoms with Crippen LogP contribution in [-0.2, 0) is 38.3 Å². The summed E-state index contributed by atoms with van der Waals surface area (Å²) in [5.41, 5.74) is 0. The second-order valence-electron chi connectivity index (χ2n) is 20.6. The number of hydrogen-bond donors (Lipinski definition) is 4. The highest BCUT2D eigenvalue weighted by atomic mass is 32.3. The average Bonchev–Trinajstić information content (AvgIpc) is 3.40. The zero-order chi connectivity index (χ0) is 55.3. The molecular weight excluding hydrogens is 981 g/mol. The molecule has 440 valence electrons. The molecule has 1 aliphatic rings. The molecule has 4 N–H and O–H groups in total. The molecule has 0 aromatic heterocycles. The lowest BCUT2D eigenvalue weighted by molar-refractivity contribution is -0.301. The van der Waals surface area contributed by atoms with Gasteiger partial charge in [-0.05, 0) is 89.9 Å². The zero-order valence-electron chi connectivity index (χ0n) is 47.8. The van der Waals surface area contributed by atoms with Crippen molar-refractivity contribution in [3.8, 4) is 0 Å². The maximum Gasteiger partial charge on any atom is 0.397 e. The van der Waals surface area contributed by atoms with Gasteiger partial charge in [-0.15, -0.1) is 0 Å². The predicted molar refractivity (Wildman–Crippen MR) is 312 cm³/mol. The van der Waals surface area contributed by atoms with Crippen molar-refractivity contribution in [1.29, 1.82) is 0 Å². The Morgan fingerprint density at radius 3 is 1.33 bits per heavy atom. The van der Waals surface area contributed by atoms with Crippen molar-refractivity contribution in [2.24, 2.45) is 0 Å². The van der Waals surface area contributed by atoms with E-state index < -0.39 is 59.8 Å². The van der Waals surface area contributed by atoms with E-state index in [0.717, 1.165) is 89.9 Å². The fourth-order valence-electron chi connectivity index (χ4n) is 8.97. The summed E-state index contributed by atoms with van der Waals surface area (Å²) in [6.45, 7) is 3.88. The maximum absolute atomic E-state index is 13.0. The van der Waals surface area contributed by atoms with Gasteiger partial charge in [0.1, 0.15) is 30.5 Å². The van der Waals surface area contributed by atoms with Crippen LogP contribution in [0.4, 0.5) is 0 Å². The third-order valence-electron chi connectivity index (χ3n) is 13.5. The first-order chi connectivity index (χ1) is 37.1. The lowest BCUT2D eigenvalue weighted by atomic mass is 9.99. The molecule has 0 aliphatic carbocycles. The third kappa shape index (κ3) is 45.2. The van der Waals surface area contributed by atoms with E-state index in [1.54, 1.807) is 0 Å². The minimum absolute atomic E-state index is 0.0287. The molecule has 1 aliphatic heterocycles. The number of aliphatic hydroxyl groups excluding tert-OH is 3. The highest BCUT2D eigenvalue weighted by Gasteiger charge is 2.48. The van der Waals surface area contributed by atoms with Gasteiger partial charge in [0, 0.05) is 13.0 Å². The summed E-state index contributed by atoms with van der Waals surface area (Å²) in [6.07, 6.45) is 63.3. The van der Waals surface area contributed by atoms with E-state index in [4.69, 9.17) is 18.9 Å². The van der Waals surface area contributed by atoms with E-state index in [1.165, 1.54) is 128 Å². The van der Waals surface area contributed by atoms with Crippen LogP contribution in [0.15, 0.2) is 85.1 Å². The van der Waals surface area contributed by atoms with E-state index in [2.05, 4.69) is 103 Å². The first kappa shape index (κ1) is 71.3. The Hall–Kier alpha value is -2.72. The van der Waals surface area contributed by atoms with Crippen LogP contribution in [0.1, 0.15) is 245 Å². The Morgan fingerprint density at radius 2 is 0.908 bits per heavy atom. The molecule has 0 aromatic rings. The van der Waals surface area contributed by atoms with Crippen molar-refractivity contribution < 1.29 is 56.2 Å². The van der Waals surface area contributed by atoms with Crippen molar-refractivity contribution in [2.75, 3.05) is 26.4 Å². The van der Waals surface area contributed by atoms with Crippen LogP contribution in [0.3, 0.4) is 0 Å². The highest BCUT2D eigenvalue weighted by Crippen LogP contribution is 2.26. The summed E-state index contributed by atoms with van der Waals surface area (Å²) in [5.74, 6) is -0.404. The topological polar surface area (TPSA) is 178 Å². The summed E-state index contributed by atoms with van der Waals surface area (Å²) in [5, 5.41) is 30.9. The quantitative estimate of drug-likeness (QED) is 0.0196. The molecule has 0 radical (unpaired) electrons. The number of ether oxygens (including phenoxy) is 4. The normalized spacial score (nSPS) is 19.2. The number of allylic oxidation sites excluding steroid dienone is 14. The molecular formula is C63H110O12S. The van der Waals surface area contributed by atoms with E-state index in [1.807, 2.05) is 0 Å². The first-order valence-corrected chi connectivity index (χ1v) is 31.7. The van der Waals surface area contributed by atoms with Crippen LogP contribution < -0.4 is 0 Å². The molecule has 0 amide bonds. The minimum Gasteiger partial charge on any atom is -0.457 e. The summed E-state index contributed by atoms with van der Waals surface area (Å²) >= 11 is 0. The van der Waals surface area contributed by atoms with Crippen LogP contribution in [0.5, 0.6) is 0 Å². The molecule has 13 heteroatoms. The van der Waals surface area contributed by atoms with Gasteiger partial charge in [0.15, 0.2) is 6.29 Å². The molecule has 76 heavy (non-hydrogen) atoms. The van der Waals surface area contributed by atoms with Gasteiger partial charge in [0.2, 0.25) is 0 Å². The molecule has 1 heterocycles. The first-order valence-electron chi connectivity index (χ1n) is 30.3. The van der Waals surface area contributed by atoms with Crippen molar-refractivity contribution in [2.45, 2.75) is 282 Å². The third-order valence-corrected chi connectivity index (χ3v) is 14.0. The molecule has 12 nitrogen and oxygen atoms in total. The second-order valence-corrected chi connectivity index (χ2v) is 21.6. The van der Waals surface area contributed by atoms with Gasteiger partial charge >= 0.3 is 16.4 Å². The Bertz CT molecular complexity index is 1640. The van der Waals surface area contributed by atoms with Crippen LogP contribution in [0, 0.1) is 0 Å². The number of unbranched alkanes of at least 4 members (excludes halogenated alkanes) is 26. The van der Waals surface area contributed by atoms with Crippen LogP contribution in [-0.4, -0.2) is 97.5 Å². The molecule has 6 atom stereocenters. The van der Waals surface area contributed by atoms with Gasteiger partial charge < -0.3 is 34.3 Å². The second kappa shape index (κ2) is 53.0. The number of carbonyl (C=O) groups is 1.